The van der Waals surface area contributed by atoms with Crippen molar-refractivity contribution in [1.29, 1.82) is 0 Å². The Kier molecular flexibility index (Phi) is 4.17. The summed E-state index contributed by atoms with van der Waals surface area (Å²) in [5.41, 5.74) is -0.173. The molecule has 0 aromatic heterocycles. The molecule has 0 unspecified atom stereocenters. The molecule has 1 rings (SSSR count). The highest BCUT2D eigenvalue weighted by Crippen LogP contribution is 2.25. The number of rotatable bonds is 4. The third-order valence-corrected chi connectivity index (χ3v) is 2.34. The Balaban J connectivity index is 3.33. The van der Waals surface area contributed by atoms with Crippen LogP contribution in [0.1, 0.15) is 18.9 Å². The maximum absolute atomic E-state index is 10.7. The van der Waals surface area contributed by atoms with E-state index in [9.17, 15) is 20.2 Å². The van der Waals surface area contributed by atoms with Gasteiger partial charge >= 0.3 is 0 Å². The monoisotopic (exact) mass is 256 g/mol. The molecule has 0 atom stereocenters. The van der Waals surface area contributed by atoms with Crippen LogP contribution >= 0.6 is 11.6 Å². The van der Waals surface area contributed by atoms with Crippen LogP contribution in [0.5, 0.6) is 0 Å². The standard InChI is InChI=1S/C10H9ClN2O4/c1-2-9(12(14)15)6-7-5-8(11)3-4-10(7)13(16)17/h3-6H,2H2,1H3/b9-6-. The zero-order valence-electron chi connectivity index (χ0n) is 8.92. The first-order valence-corrected chi connectivity index (χ1v) is 5.12. The summed E-state index contributed by atoms with van der Waals surface area (Å²) in [7, 11) is 0. The fourth-order valence-electron chi connectivity index (χ4n) is 1.27. The number of nitrogens with zero attached hydrogens (tertiary/aromatic N) is 2. The molecule has 0 heterocycles. The van der Waals surface area contributed by atoms with Crippen molar-refractivity contribution in [2.45, 2.75) is 13.3 Å². The lowest BCUT2D eigenvalue weighted by Crippen LogP contribution is -1.98. The lowest BCUT2D eigenvalue weighted by Gasteiger charge is -1.99. The van der Waals surface area contributed by atoms with E-state index in [1.807, 2.05) is 0 Å². The van der Waals surface area contributed by atoms with Crippen LogP contribution in [-0.2, 0) is 0 Å². The molecule has 7 heteroatoms. The highest BCUT2D eigenvalue weighted by Gasteiger charge is 2.16. The van der Waals surface area contributed by atoms with Gasteiger partial charge in [-0.25, -0.2) is 0 Å². The molecule has 17 heavy (non-hydrogen) atoms. The molecule has 0 aliphatic heterocycles. The fraction of sp³-hybridized carbons (Fsp3) is 0.200. The molecule has 6 nitrogen and oxygen atoms in total. The smallest absolute Gasteiger partial charge is 0.259 e. The van der Waals surface area contributed by atoms with Crippen molar-refractivity contribution in [1.82, 2.24) is 0 Å². The molecule has 0 N–H and O–H groups in total. The molecular formula is C10H9ClN2O4. The van der Waals surface area contributed by atoms with Crippen LogP contribution in [-0.4, -0.2) is 9.85 Å². The van der Waals surface area contributed by atoms with Crippen molar-refractivity contribution < 1.29 is 9.85 Å². The van der Waals surface area contributed by atoms with Crippen molar-refractivity contribution in [2.75, 3.05) is 0 Å². The summed E-state index contributed by atoms with van der Waals surface area (Å²) in [4.78, 5) is 20.2. The zero-order chi connectivity index (χ0) is 13.0. The molecule has 0 spiro atoms. The van der Waals surface area contributed by atoms with Gasteiger partial charge in [0, 0.05) is 23.6 Å². The summed E-state index contributed by atoms with van der Waals surface area (Å²) in [5, 5.41) is 21.7. The molecule has 0 saturated heterocycles. The first-order chi connectivity index (χ1) is 7.95. The third kappa shape index (κ3) is 3.25. The van der Waals surface area contributed by atoms with Crippen LogP contribution in [0.15, 0.2) is 23.9 Å². The molecule has 0 aliphatic rings. The third-order valence-electron chi connectivity index (χ3n) is 2.11. The van der Waals surface area contributed by atoms with Gasteiger partial charge in [0.2, 0.25) is 5.70 Å². The number of hydrogen-bond donors (Lipinski definition) is 0. The van der Waals surface area contributed by atoms with E-state index in [1.165, 1.54) is 24.3 Å². The molecule has 0 amide bonds. The van der Waals surface area contributed by atoms with E-state index in [-0.39, 0.29) is 23.4 Å². The second kappa shape index (κ2) is 5.40. The summed E-state index contributed by atoms with van der Waals surface area (Å²) in [6.07, 6.45) is 1.35. The molecule has 1 aromatic rings. The Morgan fingerprint density at radius 3 is 2.53 bits per heavy atom. The first kappa shape index (κ1) is 13.1. The Bertz CT molecular complexity index is 499. The largest absolute Gasteiger partial charge is 0.276 e. The summed E-state index contributed by atoms with van der Waals surface area (Å²) < 4.78 is 0. The second-order valence-electron chi connectivity index (χ2n) is 3.21. The lowest BCUT2D eigenvalue weighted by atomic mass is 10.1. The van der Waals surface area contributed by atoms with Crippen LogP contribution < -0.4 is 0 Å². The summed E-state index contributed by atoms with van der Waals surface area (Å²) in [6.45, 7) is 1.60. The van der Waals surface area contributed by atoms with Crippen LogP contribution in [0.2, 0.25) is 5.02 Å². The normalized spacial score (nSPS) is 11.3. The fourth-order valence-corrected chi connectivity index (χ4v) is 1.45. The minimum Gasteiger partial charge on any atom is -0.259 e. The van der Waals surface area contributed by atoms with Crippen LogP contribution in [0.25, 0.3) is 6.08 Å². The van der Waals surface area contributed by atoms with Crippen molar-refractivity contribution in [3.63, 3.8) is 0 Å². The van der Waals surface area contributed by atoms with Crippen molar-refractivity contribution in [2.24, 2.45) is 0 Å². The Labute approximate surface area is 102 Å². The molecule has 1 aromatic carbocycles. The van der Waals surface area contributed by atoms with Gasteiger partial charge in [0.1, 0.15) is 0 Å². The Morgan fingerprint density at radius 1 is 1.41 bits per heavy atom. The van der Waals surface area contributed by atoms with E-state index in [0.29, 0.717) is 5.02 Å². The molecule has 0 saturated carbocycles. The minimum absolute atomic E-state index is 0.102. The molecule has 0 radical (unpaired) electrons. The Morgan fingerprint density at radius 2 is 2.06 bits per heavy atom. The predicted octanol–water partition coefficient (Wildman–Crippen LogP) is 3.28. The Hall–Kier alpha value is -1.95. The average molecular weight is 257 g/mol. The summed E-state index contributed by atoms with van der Waals surface area (Å²) in [5.74, 6) is 0. The number of halogens is 1. The number of nitro benzene ring substituents is 1. The highest BCUT2D eigenvalue weighted by molar-refractivity contribution is 6.30. The molecule has 90 valence electrons. The zero-order valence-corrected chi connectivity index (χ0v) is 9.68. The van der Waals surface area contributed by atoms with Crippen LogP contribution in [0, 0.1) is 20.2 Å². The van der Waals surface area contributed by atoms with Gasteiger partial charge in [-0.2, -0.15) is 0 Å². The number of hydrogen-bond acceptors (Lipinski definition) is 4. The van der Waals surface area contributed by atoms with Gasteiger partial charge in [0.05, 0.1) is 15.4 Å². The number of allylic oxidation sites excluding steroid dienone is 1. The maximum atomic E-state index is 10.7. The SMILES string of the molecule is CC/C(=C/c1cc(Cl)ccc1[N+](=O)[O-])[N+](=O)[O-]. The van der Waals surface area contributed by atoms with E-state index >= 15 is 0 Å². The van der Waals surface area contributed by atoms with Gasteiger partial charge in [-0.15, -0.1) is 0 Å². The van der Waals surface area contributed by atoms with Crippen LogP contribution in [0.4, 0.5) is 5.69 Å². The molecule has 0 fully saturated rings. The number of nitro groups is 2. The van der Waals surface area contributed by atoms with Crippen molar-refractivity contribution in [3.8, 4) is 0 Å². The minimum atomic E-state index is -0.602. The van der Waals surface area contributed by atoms with Crippen LogP contribution in [0.3, 0.4) is 0 Å². The summed E-state index contributed by atoms with van der Waals surface area (Å²) in [6, 6.07) is 3.93. The van der Waals surface area contributed by atoms with Gasteiger partial charge in [-0.3, -0.25) is 20.2 Å². The van der Waals surface area contributed by atoms with Crippen molar-refractivity contribution >= 4 is 23.4 Å². The van der Waals surface area contributed by atoms with Gasteiger partial charge < -0.3 is 0 Å². The molecular weight excluding hydrogens is 248 g/mol. The van der Waals surface area contributed by atoms with Gasteiger partial charge in [-0.1, -0.05) is 18.5 Å². The topological polar surface area (TPSA) is 86.3 Å². The average Bonchev–Trinajstić information content (AvgIpc) is 2.25. The predicted molar refractivity (Wildman–Crippen MR) is 63.4 cm³/mol. The summed E-state index contributed by atoms with van der Waals surface area (Å²) >= 11 is 5.71. The van der Waals surface area contributed by atoms with Gasteiger partial charge in [0.15, 0.2) is 0 Å². The van der Waals surface area contributed by atoms with Gasteiger partial charge in [0.25, 0.3) is 5.69 Å². The second-order valence-corrected chi connectivity index (χ2v) is 3.64. The van der Waals surface area contributed by atoms with E-state index in [0.717, 1.165) is 0 Å². The maximum Gasteiger partial charge on any atom is 0.276 e. The van der Waals surface area contributed by atoms with E-state index in [1.54, 1.807) is 6.92 Å². The van der Waals surface area contributed by atoms with Crippen molar-refractivity contribution in [3.05, 3.63) is 54.7 Å². The van der Waals surface area contributed by atoms with E-state index in [2.05, 4.69) is 0 Å². The molecule has 0 aliphatic carbocycles. The molecule has 0 bridgehead atoms. The quantitative estimate of drug-likeness (QED) is 0.611. The van der Waals surface area contributed by atoms with E-state index < -0.39 is 9.85 Å². The first-order valence-electron chi connectivity index (χ1n) is 4.74. The lowest BCUT2D eigenvalue weighted by molar-refractivity contribution is -0.425. The highest BCUT2D eigenvalue weighted by atomic mass is 35.5. The number of benzene rings is 1. The van der Waals surface area contributed by atoms with E-state index in [4.69, 9.17) is 11.6 Å². The van der Waals surface area contributed by atoms with Gasteiger partial charge in [-0.05, 0) is 12.1 Å².